The summed E-state index contributed by atoms with van der Waals surface area (Å²) in [6, 6.07) is 0. The minimum atomic E-state index is -2.17. The van der Waals surface area contributed by atoms with Crippen molar-refractivity contribution in [2.75, 3.05) is 6.61 Å². The topological polar surface area (TPSA) is 80.9 Å². The van der Waals surface area contributed by atoms with Gasteiger partial charge in [0.15, 0.2) is 0 Å². The molecule has 0 radical (unpaired) electrons. The molecule has 0 rings (SSSR count). The van der Waals surface area contributed by atoms with E-state index in [1.807, 2.05) is 20.8 Å². The molecule has 0 unspecified atom stereocenters. The molecule has 4 N–H and O–H groups in total. The molecule has 0 amide bonds. The fourth-order valence-corrected chi connectivity index (χ4v) is 0. The Morgan fingerprint density at radius 2 is 1.20 bits per heavy atom. The van der Waals surface area contributed by atoms with E-state index in [-0.39, 0.29) is 12.0 Å². The molecular weight excluding hydrogens is 136 g/mol. The van der Waals surface area contributed by atoms with Gasteiger partial charge in [-0.1, -0.05) is 20.8 Å². The second-order valence-electron chi connectivity index (χ2n) is 3.07. The molecule has 0 aliphatic heterocycles. The van der Waals surface area contributed by atoms with Gasteiger partial charge in [0, 0.05) is 6.61 Å². The zero-order valence-electron chi connectivity index (χ0n) is 6.57. The third-order valence-corrected chi connectivity index (χ3v) is 0.474. The Hall–Kier alpha value is -0.160. The van der Waals surface area contributed by atoms with E-state index in [9.17, 15) is 0 Å². The number of aliphatic hydroxyl groups is 4. The molecule has 0 bridgehead atoms. The SMILES string of the molecule is CC(C)(C)CO.OC(O)O. The molecule has 0 spiro atoms. The summed E-state index contributed by atoms with van der Waals surface area (Å²) in [4.78, 5) is 0. The molecule has 0 aromatic carbocycles. The summed E-state index contributed by atoms with van der Waals surface area (Å²) in [5.41, 5.74) is 0.0972. The van der Waals surface area contributed by atoms with Crippen molar-refractivity contribution < 1.29 is 20.4 Å². The highest BCUT2D eigenvalue weighted by Crippen LogP contribution is 2.09. The second-order valence-corrected chi connectivity index (χ2v) is 3.07. The maximum atomic E-state index is 8.40. The van der Waals surface area contributed by atoms with E-state index in [4.69, 9.17) is 20.4 Å². The van der Waals surface area contributed by atoms with Crippen LogP contribution in [0.2, 0.25) is 0 Å². The van der Waals surface area contributed by atoms with Crippen LogP contribution in [0.5, 0.6) is 0 Å². The minimum Gasteiger partial charge on any atom is -0.396 e. The second kappa shape index (κ2) is 5.61. The standard InChI is InChI=1S/C5H12O.CH4O3/c1-5(2,3)4-6;2-1(3)4/h6H,4H2,1-3H3;1-4H. The first-order chi connectivity index (χ1) is 4.29. The van der Waals surface area contributed by atoms with Crippen LogP contribution in [0.15, 0.2) is 0 Å². The molecule has 0 heterocycles. The Morgan fingerprint density at radius 1 is 1.10 bits per heavy atom. The van der Waals surface area contributed by atoms with Gasteiger partial charge in [0.2, 0.25) is 0 Å². The van der Waals surface area contributed by atoms with Gasteiger partial charge in [0.05, 0.1) is 0 Å². The molecule has 0 aliphatic carbocycles. The van der Waals surface area contributed by atoms with E-state index in [1.165, 1.54) is 0 Å². The van der Waals surface area contributed by atoms with Crippen molar-refractivity contribution in [3.63, 3.8) is 0 Å². The van der Waals surface area contributed by atoms with Crippen molar-refractivity contribution in [3.8, 4) is 0 Å². The zero-order valence-corrected chi connectivity index (χ0v) is 6.57. The molecule has 0 saturated carbocycles. The highest BCUT2D eigenvalue weighted by atomic mass is 16.6. The number of hydrogen-bond acceptors (Lipinski definition) is 4. The zero-order chi connectivity index (χ0) is 8.78. The molecule has 4 heteroatoms. The lowest BCUT2D eigenvalue weighted by atomic mass is 9.99. The predicted octanol–water partition coefficient (Wildman–Crippen LogP) is -0.728. The third-order valence-electron chi connectivity index (χ3n) is 0.474. The van der Waals surface area contributed by atoms with E-state index in [0.717, 1.165) is 0 Å². The average Bonchev–Trinajstić information content (AvgIpc) is 1.63. The van der Waals surface area contributed by atoms with Crippen molar-refractivity contribution in [2.45, 2.75) is 27.2 Å². The van der Waals surface area contributed by atoms with E-state index in [1.54, 1.807) is 0 Å². The summed E-state index contributed by atoms with van der Waals surface area (Å²) in [7, 11) is 0. The van der Waals surface area contributed by atoms with E-state index >= 15 is 0 Å². The fourth-order valence-electron chi connectivity index (χ4n) is 0. The maximum absolute atomic E-state index is 8.40. The Morgan fingerprint density at radius 3 is 1.20 bits per heavy atom. The van der Waals surface area contributed by atoms with Gasteiger partial charge >= 0.3 is 0 Å². The molecule has 0 fully saturated rings. The molecule has 0 aliphatic rings. The highest BCUT2D eigenvalue weighted by molar-refractivity contribution is 4.55. The van der Waals surface area contributed by atoms with Crippen LogP contribution in [0.3, 0.4) is 0 Å². The lowest BCUT2D eigenvalue weighted by molar-refractivity contribution is -0.198. The monoisotopic (exact) mass is 152 g/mol. The van der Waals surface area contributed by atoms with Gasteiger partial charge in [0.25, 0.3) is 6.48 Å². The summed E-state index contributed by atoms with van der Waals surface area (Å²) < 4.78 is 0. The first-order valence-electron chi connectivity index (χ1n) is 2.94. The Labute approximate surface area is 60.7 Å². The van der Waals surface area contributed by atoms with Crippen LogP contribution in [0.4, 0.5) is 0 Å². The summed E-state index contributed by atoms with van der Waals surface area (Å²) in [5, 5.41) is 29.9. The Bertz CT molecular complexity index is 61.9. The molecule has 0 saturated heterocycles. The largest absolute Gasteiger partial charge is 0.396 e. The number of hydrogen-bond donors (Lipinski definition) is 4. The Kier molecular flexibility index (Phi) is 7.02. The molecule has 64 valence electrons. The molecule has 0 aromatic heterocycles. The predicted molar refractivity (Wildman–Crippen MR) is 37.0 cm³/mol. The van der Waals surface area contributed by atoms with Crippen LogP contribution >= 0.6 is 0 Å². The lowest BCUT2D eigenvalue weighted by Gasteiger charge is -2.11. The molecule has 0 aromatic rings. The smallest absolute Gasteiger partial charge is 0.263 e. The van der Waals surface area contributed by atoms with Crippen LogP contribution in [-0.4, -0.2) is 33.5 Å². The van der Waals surface area contributed by atoms with E-state index in [2.05, 4.69) is 0 Å². The summed E-state index contributed by atoms with van der Waals surface area (Å²) in [6.07, 6.45) is 0. The van der Waals surface area contributed by atoms with Crippen LogP contribution in [-0.2, 0) is 0 Å². The molecular formula is C6H16O4. The first-order valence-corrected chi connectivity index (χ1v) is 2.94. The van der Waals surface area contributed by atoms with Crippen LogP contribution in [0.1, 0.15) is 20.8 Å². The van der Waals surface area contributed by atoms with Crippen molar-refractivity contribution in [1.82, 2.24) is 0 Å². The van der Waals surface area contributed by atoms with Crippen molar-refractivity contribution in [1.29, 1.82) is 0 Å². The normalized spacial score (nSPS) is 10.8. The first kappa shape index (κ1) is 12.5. The van der Waals surface area contributed by atoms with Gasteiger partial charge in [-0.15, -0.1) is 0 Å². The molecule has 0 atom stereocenters. The van der Waals surface area contributed by atoms with Gasteiger partial charge in [0.1, 0.15) is 0 Å². The summed E-state index contributed by atoms with van der Waals surface area (Å²) in [5.74, 6) is 0. The molecule has 10 heavy (non-hydrogen) atoms. The van der Waals surface area contributed by atoms with Gasteiger partial charge in [-0.3, -0.25) is 0 Å². The van der Waals surface area contributed by atoms with E-state index < -0.39 is 6.48 Å². The summed E-state index contributed by atoms with van der Waals surface area (Å²) >= 11 is 0. The average molecular weight is 152 g/mol. The van der Waals surface area contributed by atoms with Gasteiger partial charge in [-0.25, -0.2) is 0 Å². The van der Waals surface area contributed by atoms with E-state index in [0.29, 0.717) is 0 Å². The van der Waals surface area contributed by atoms with Gasteiger partial charge in [-0.05, 0) is 5.41 Å². The van der Waals surface area contributed by atoms with Crippen LogP contribution in [0.25, 0.3) is 0 Å². The highest BCUT2D eigenvalue weighted by Gasteiger charge is 2.05. The fraction of sp³-hybridized carbons (Fsp3) is 1.00. The third kappa shape index (κ3) is 45.5. The van der Waals surface area contributed by atoms with Crippen LogP contribution < -0.4 is 0 Å². The van der Waals surface area contributed by atoms with Crippen molar-refractivity contribution in [2.24, 2.45) is 5.41 Å². The summed E-state index contributed by atoms with van der Waals surface area (Å²) in [6.45, 7) is 4.08. The lowest BCUT2D eigenvalue weighted by Crippen LogP contribution is -2.09. The van der Waals surface area contributed by atoms with Gasteiger partial charge in [-0.2, -0.15) is 0 Å². The van der Waals surface area contributed by atoms with Crippen molar-refractivity contribution in [3.05, 3.63) is 0 Å². The molecule has 4 nitrogen and oxygen atoms in total. The minimum absolute atomic E-state index is 0.0972. The van der Waals surface area contributed by atoms with Crippen LogP contribution in [0, 0.1) is 5.41 Å². The number of aliphatic hydroxyl groups excluding tert-OH is 2. The maximum Gasteiger partial charge on any atom is 0.263 e. The quantitative estimate of drug-likeness (QED) is 0.345. The number of rotatable bonds is 0. The van der Waals surface area contributed by atoms with Crippen molar-refractivity contribution >= 4 is 0 Å². The Balaban J connectivity index is 0. The van der Waals surface area contributed by atoms with Gasteiger partial charge < -0.3 is 20.4 Å².